The van der Waals surface area contributed by atoms with Crippen molar-refractivity contribution in [3.8, 4) is 0 Å². The van der Waals surface area contributed by atoms with Gasteiger partial charge in [-0.05, 0) is 36.0 Å². The van der Waals surface area contributed by atoms with Crippen LogP contribution in [0.4, 0.5) is 5.69 Å². The van der Waals surface area contributed by atoms with E-state index in [9.17, 15) is 9.59 Å². The van der Waals surface area contributed by atoms with E-state index in [0.717, 1.165) is 25.9 Å². The molecule has 0 atom stereocenters. The van der Waals surface area contributed by atoms with Crippen LogP contribution in [0.25, 0.3) is 0 Å². The molecule has 2 amide bonds. The molecule has 1 aromatic heterocycles. The summed E-state index contributed by atoms with van der Waals surface area (Å²) in [6.07, 6.45) is 6.56. The van der Waals surface area contributed by atoms with Gasteiger partial charge in [-0.1, -0.05) is 54.6 Å². The number of carbonyl (C=O) groups excluding carboxylic acids is 2. The number of hydrogen-bond donors (Lipinski definition) is 1. The minimum absolute atomic E-state index is 0.0839. The zero-order valence-electron chi connectivity index (χ0n) is 17.7. The van der Waals surface area contributed by atoms with Gasteiger partial charge < -0.3 is 10.2 Å². The average molecular weight is 417 g/mol. The first-order chi connectivity index (χ1) is 15.2. The number of aromatic nitrogens is 2. The fourth-order valence-electron chi connectivity index (χ4n) is 3.93. The number of amides is 2. The minimum Gasteiger partial charge on any atom is -0.338 e. The first-order valence-electron chi connectivity index (χ1n) is 10.9. The van der Waals surface area contributed by atoms with Crippen molar-refractivity contribution in [1.29, 1.82) is 0 Å². The molecule has 0 aliphatic carbocycles. The van der Waals surface area contributed by atoms with Crippen molar-refractivity contribution in [3.63, 3.8) is 0 Å². The van der Waals surface area contributed by atoms with E-state index in [2.05, 4.69) is 34.7 Å². The first kappa shape index (κ1) is 20.8. The second kappa shape index (κ2) is 10.1. The van der Waals surface area contributed by atoms with Gasteiger partial charge in [-0.2, -0.15) is 5.10 Å². The van der Waals surface area contributed by atoms with Crippen LogP contribution in [0.1, 0.15) is 36.0 Å². The Balaban J connectivity index is 1.17. The molecule has 2 aromatic carbocycles. The third-order valence-electron chi connectivity index (χ3n) is 5.67. The van der Waals surface area contributed by atoms with Crippen molar-refractivity contribution in [2.45, 2.75) is 45.2 Å². The molecule has 0 spiro atoms. The maximum Gasteiger partial charge on any atom is 0.224 e. The highest BCUT2D eigenvalue weighted by Crippen LogP contribution is 2.19. The molecule has 1 aliphatic rings. The number of hydrogen-bond acceptors (Lipinski definition) is 3. The summed E-state index contributed by atoms with van der Waals surface area (Å²) in [5, 5.41) is 7.19. The molecule has 0 bridgehead atoms. The minimum atomic E-state index is -0.0839. The van der Waals surface area contributed by atoms with Gasteiger partial charge in [0.1, 0.15) is 0 Å². The van der Waals surface area contributed by atoms with Crippen LogP contribution < -0.4 is 5.32 Å². The molecule has 1 aliphatic heterocycles. The van der Waals surface area contributed by atoms with Gasteiger partial charge in [0.25, 0.3) is 0 Å². The molecule has 6 heteroatoms. The molecular weight excluding hydrogens is 388 g/mol. The van der Waals surface area contributed by atoms with Crippen LogP contribution in [0.15, 0.2) is 67.0 Å². The smallest absolute Gasteiger partial charge is 0.224 e. The van der Waals surface area contributed by atoms with Gasteiger partial charge >= 0.3 is 0 Å². The van der Waals surface area contributed by atoms with Crippen LogP contribution in [0, 0.1) is 0 Å². The predicted molar refractivity (Wildman–Crippen MR) is 120 cm³/mol. The lowest BCUT2D eigenvalue weighted by molar-refractivity contribution is -0.132. The van der Waals surface area contributed by atoms with Crippen LogP contribution >= 0.6 is 0 Å². The van der Waals surface area contributed by atoms with E-state index in [1.54, 1.807) is 6.20 Å². The Hall–Kier alpha value is -3.41. The third kappa shape index (κ3) is 5.81. The van der Waals surface area contributed by atoms with Gasteiger partial charge in [-0.15, -0.1) is 0 Å². The SMILES string of the molecule is O=C(CCCC(=O)N1CCc2ccccc2C1)Nc1cnn(CCc2ccccc2)c1. The van der Waals surface area contributed by atoms with Crippen molar-refractivity contribution >= 4 is 17.5 Å². The van der Waals surface area contributed by atoms with Crippen molar-refractivity contribution in [2.75, 3.05) is 11.9 Å². The Bertz CT molecular complexity index is 1030. The zero-order valence-corrected chi connectivity index (χ0v) is 17.7. The van der Waals surface area contributed by atoms with Gasteiger partial charge in [-0.25, -0.2) is 0 Å². The molecule has 0 fully saturated rings. The summed E-state index contributed by atoms with van der Waals surface area (Å²) >= 11 is 0. The first-order valence-corrected chi connectivity index (χ1v) is 10.9. The molecule has 160 valence electrons. The summed E-state index contributed by atoms with van der Waals surface area (Å²) in [5.41, 5.74) is 4.50. The summed E-state index contributed by atoms with van der Waals surface area (Å²) in [7, 11) is 0. The van der Waals surface area contributed by atoms with E-state index in [1.165, 1.54) is 16.7 Å². The van der Waals surface area contributed by atoms with Gasteiger partial charge in [0.05, 0.1) is 11.9 Å². The summed E-state index contributed by atoms with van der Waals surface area (Å²) < 4.78 is 1.83. The molecule has 0 radical (unpaired) electrons. The average Bonchev–Trinajstić information content (AvgIpc) is 3.25. The van der Waals surface area contributed by atoms with E-state index in [4.69, 9.17) is 0 Å². The number of nitrogens with one attached hydrogen (secondary N) is 1. The fourth-order valence-corrected chi connectivity index (χ4v) is 3.93. The standard InChI is InChI=1S/C25H28N4O2/c30-24(27-23-17-26-29(19-23)16-13-20-7-2-1-3-8-20)11-6-12-25(31)28-15-14-21-9-4-5-10-22(21)18-28/h1-5,7-10,17,19H,6,11-16,18H2,(H,27,30). The molecule has 4 rings (SSSR count). The summed E-state index contributed by atoms with van der Waals surface area (Å²) in [4.78, 5) is 26.7. The maximum absolute atomic E-state index is 12.5. The summed E-state index contributed by atoms with van der Waals surface area (Å²) in [5.74, 6) is 0.0374. The van der Waals surface area contributed by atoms with E-state index in [-0.39, 0.29) is 11.8 Å². The Labute approximate surface area is 182 Å². The van der Waals surface area contributed by atoms with E-state index >= 15 is 0 Å². The molecular formula is C25H28N4O2. The number of fused-ring (bicyclic) bond motifs is 1. The highest BCUT2D eigenvalue weighted by atomic mass is 16.2. The second-order valence-electron chi connectivity index (χ2n) is 7.96. The number of benzene rings is 2. The third-order valence-corrected chi connectivity index (χ3v) is 5.67. The lowest BCUT2D eigenvalue weighted by atomic mass is 9.99. The zero-order chi connectivity index (χ0) is 21.5. The Morgan fingerprint density at radius 3 is 2.58 bits per heavy atom. The van der Waals surface area contributed by atoms with Crippen molar-refractivity contribution in [1.82, 2.24) is 14.7 Å². The molecule has 0 saturated heterocycles. The van der Waals surface area contributed by atoms with Crippen molar-refractivity contribution in [2.24, 2.45) is 0 Å². The van der Waals surface area contributed by atoms with E-state index in [0.29, 0.717) is 31.5 Å². The summed E-state index contributed by atoms with van der Waals surface area (Å²) in [6.45, 7) is 2.18. The van der Waals surface area contributed by atoms with Crippen molar-refractivity contribution < 1.29 is 9.59 Å². The number of aryl methyl sites for hydroxylation is 2. The van der Waals surface area contributed by atoms with E-state index in [1.807, 2.05) is 46.1 Å². The highest BCUT2D eigenvalue weighted by molar-refractivity contribution is 5.90. The van der Waals surface area contributed by atoms with Crippen LogP contribution in [0.2, 0.25) is 0 Å². The number of carbonyl (C=O) groups is 2. The van der Waals surface area contributed by atoms with Gasteiger partial charge in [0, 0.05) is 38.7 Å². The van der Waals surface area contributed by atoms with Gasteiger partial charge in [-0.3, -0.25) is 14.3 Å². The number of rotatable bonds is 8. The Kier molecular flexibility index (Phi) is 6.77. The monoisotopic (exact) mass is 416 g/mol. The van der Waals surface area contributed by atoms with Gasteiger partial charge in [0.2, 0.25) is 11.8 Å². The van der Waals surface area contributed by atoms with Crippen molar-refractivity contribution in [3.05, 3.63) is 83.7 Å². The van der Waals surface area contributed by atoms with Crippen LogP contribution in [-0.2, 0) is 35.5 Å². The molecule has 2 heterocycles. The molecule has 3 aromatic rings. The van der Waals surface area contributed by atoms with Crippen LogP contribution in [0.5, 0.6) is 0 Å². The van der Waals surface area contributed by atoms with Gasteiger partial charge in [0.15, 0.2) is 0 Å². The fraction of sp³-hybridized carbons (Fsp3) is 0.320. The number of anilines is 1. The molecule has 31 heavy (non-hydrogen) atoms. The maximum atomic E-state index is 12.5. The van der Waals surface area contributed by atoms with Crippen LogP contribution in [-0.4, -0.2) is 33.0 Å². The number of nitrogens with zero attached hydrogens (tertiary/aromatic N) is 3. The topological polar surface area (TPSA) is 67.2 Å². The summed E-state index contributed by atoms with van der Waals surface area (Å²) in [6, 6.07) is 18.5. The second-order valence-corrected chi connectivity index (χ2v) is 7.96. The Morgan fingerprint density at radius 2 is 1.74 bits per heavy atom. The largest absolute Gasteiger partial charge is 0.338 e. The normalized spacial score (nSPS) is 13.0. The molecule has 6 nitrogen and oxygen atoms in total. The molecule has 1 N–H and O–H groups in total. The quantitative estimate of drug-likeness (QED) is 0.607. The predicted octanol–water partition coefficient (Wildman–Crippen LogP) is 3.82. The van der Waals surface area contributed by atoms with E-state index < -0.39 is 0 Å². The van der Waals surface area contributed by atoms with Crippen LogP contribution in [0.3, 0.4) is 0 Å². The Morgan fingerprint density at radius 1 is 0.968 bits per heavy atom. The molecule has 0 unspecified atom stereocenters. The molecule has 0 saturated carbocycles. The lowest BCUT2D eigenvalue weighted by Crippen LogP contribution is -2.35. The highest BCUT2D eigenvalue weighted by Gasteiger charge is 2.20. The lowest BCUT2D eigenvalue weighted by Gasteiger charge is -2.29.